The van der Waals surface area contributed by atoms with Gasteiger partial charge in [-0.25, -0.2) is 0 Å². The maximum Gasteiger partial charge on any atom is 0.251 e. The maximum absolute atomic E-state index is 12.8. The lowest BCUT2D eigenvalue weighted by Gasteiger charge is -2.33. The van der Waals surface area contributed by atoms with Gasteiger partial charge in [0, 0.05) is 25.2 Å². The average Bonchev–Trinajstić information content (AvgIpc) is 3.27. The van der Waals surface area contributed by atoms with Gasteiger partial charge in [-0.15, -0.1) is 0 Å². The van der Waals surface area contributed by atoms with E-state index in [0.717, 1.165) is 18.8 Å². The third-order valence-corrected chi connectivity index (χ3v) is 4.74. The second-order valence-corrected chi connectivity index (χ2v) is 6.30. The summed E-state index contributed by atoms with van der Waals surface area (Å²) in [7, 11) is 4.56. The largest absolute Gasteiger partial charge is 0.493 e. The van der Waals surface area contributed by atoms with Crippen LogP contribution in [0, 0.1) is 0 Å². The van der Waals surface area contributed by atoms with Crippen LogP contribution in [0.1, 0.15) is 22.2 Å². The van der Waals surface area contributed by atoms with E-state index in [9.17, 15) is 4.79 Å². The molecule has 1 saturated heterocycles. The van der Waals surface area contributed by atoms with Gasteiger partial charge in [-0.3, -0.25) is 9.69 Å². The minimum atomic E-state index is -0.232. The van der Waals surface area contributed by atoms with Crippen LogP contribution >= 0.6 is 0 Å². The first-order valence-corrected chi connectivity index (χ1v) is 9.11. The zero-order valence-electron chi connectivity index (χ0n) is 16.4. The third-order valence-electron chi connectivity index (χ3n) is 4.74. The zero-order chi connectivity index (χ0) is 19.9. The number of amides is 1. The lowest BCUT2D eigenvalue weighted by molar-refractivity contribution is 0.0118. The molecule has 1 aliphatic heterocycles. The van der Waals surface area contributed by atoms with Gasteiger partial charge in [-0.05, 0) is 24.3 Å². The SMILES string of the molecule is COc1cc(C(=O)NC[C@H](c2ccco2)N2CCOCC2)cc(OC)c1OC. The molecular formula is C20H26N2O6. The lowest BCUT2D eigenvalue weighted by atomic mass is 10.1. The standard InChI is InChI=1S/C20H26N2O6/c1-24-17-11-14(12-18(25-2)19(17)26-3)20(23)21-13-15(16-5-4-8-28-16)22-6-9-27-10-7-22/h4-5,8,11-12,15H,6-7,9-10,13H2,1-3H3,(H,21,23)/t15-/m1/s1. The summed E-state index contributed by atoms with van der Waals surface area (Å²) < 4.78 is 27.0. The van der Waals surface area contributed by atoms with Crippen LogP contribution < -0.4 is 19.5 Å². The summed E-state index contributed by atoms with van der Waals surface area (Å²) in [6.45, 7) is 3.30. The molecule has 0 radical (unpaired) electrons. The summed E-state index contributed by atoms with van der Waals surface area (Å²) in [5, 5.41) is 2.99. The molecule has 28 heavy (non-hydrogen) atoms. The second kappa shape index (κ2) is 9.48. The van der Waals surface area contributed by atoms with Gasteiger partial charge in [0.05, 0.1) is 46.8 Å². The number of furan rings is 1. The van der Waals surface area contributed by atoms with Crippen molar-refractivity contribution >= 4 is 5.91 Å². The number of hydrogen-bond acceptors (Lipinski definition) is 7. The summed E-state index contributed by atoms with van der Waals surface area (Å²) in [6.07, 6.45) is 1.64. The molecule has 8 heteroatoms. The van der Waals surface area contributed by atoms with Gasteiger partial charge in [-0.2, -0.15) is 0 Å². The first kappa shape index (κ1) is 20.0. The number of hydrogen-bond donors (Lipinski definition) is 1. The van der Waals surface area contributed by atoms with Crippen molar-refractivity contribution in [3.8, 4) is 17.2 Å². The van der Waals surface area contributed by atoms with Crippen molar-refractivity contribution in [2.24, 2.45) is 0 Å². The van der Waals surface area contributed by atoms with Crippen molar-refractivity contribution in [1.29, 1.82) is 0 Å². The number of carbonyl (C=O) groups is 1. The minimum absolute atomic E-state index is 0.0649. The van der Waals surface area contributed by atoms with E-state index in [4.69, 9.17) is 23.4 Å². The molecule has 0 aliphatic carbocycles. The third kappa shape index (κ3) is 4.40. The molecule has 2 aromatic rings. The molecule has 0 bridgehead atoms. The fourth-order valence-corrected chi connectivity index (χ4v) is 3.28. The van der Waals surface area contributed by atoms with E-state index in [-0.39, 0.29) is 11.9 Å². The van der Waals surface area contributed by atoms with Crippen LogP contribution in [0.4, 0.5) is 0 Å². The van der Waals surface area contributed by atoms with E-state index in [1.54, 1.807) is 18.4 Å². The molecule has 1 amide bonds. The summed E-state index contributed by atoms with van der Waals surface area (Å²) in [6, 6.07) is 6.97. The van der Waals surface area contributed by atoms with Crippen molar-refractivity contribution in [3.05, 3.63) is 41.9 Å². The molecule has 152 valence electrons. The van der Waals surface area contributed by atoms with Crippen LogP contribution in [0.25, 0.3) is 0 Å². The Bertz CT molecular complexity index is 746. The van der Waals surface area contributed by atoms with E-state index in [1.165, 1.54) is 21.3 Å². The molecule has 0 saturated carbocycles. The molecule has 1 aliphatic rings. The number of nitrogens with one attached hydrogen (secondary N) is 1. The number of carbonyl (C=O) groups excluding carboxylic acids is 1. The van der Waals surface area contributed by atoms with Gasteiger partial charge >= 0.3 is 0 Å². The van der Waals surface area contributed by atoms with E-state index in [2.05, 4.69) is 10.2 Å². The van der Waals surface area contributed by atoms with Crippen molar-refractivity contribution in [1.82, 2.24) is 10.2 Å². The maximum atomic E-state index is 12.8. The first-order chi connectivity index (χ1) is 13.7. The summed E-state index contributed by atoms with van der Waals surface area (Å²) in [5.41, 5.74) is 0.426. The summed E-state index contributed by atoms with van der Waals surface area (Å²) >= 11 is 0. The van der Waals surface area contributed by atoms with E-state index >= 15 is 0 Å². The Hall–Kier alpha value is -2.71. The predicted octanol–water partition coefficient (Wildman–Crippen LogP) is 2.11. The number of methoxy groups -OCH3 is 3. The van der Waals surface area contributed by atoms with E-state index < -0.39 is 0 Å². The van der Waals surface area contributed by atoms with E-state index in [0.29, 0.717) is 42.6 Å². The molecule has 8 nitrogen and oxygen atoms in total. The summed E-state index contributed by atoms with van der Waals surface area (Å²) in [4.78, 5) is 15.0. The lowest BCUT2D eigenvalue weighted by Crippen LogP contribution is -2.43. The number of benzene rings is 1. The number of ether oxygens (including phenoxy) is 4. The number of nitrogens with zero attached hydrogens (tertiary/aromatic N) is 1. The second-order valence-electron chi connectivity index (χ2n) is 6.30. The molecule has 1 atom stereocenters. The first-order valence-electron chi connectivity index (χ1n) is 9.11. The molecular weight excluding hydrogens is 364 g/mol. The Morgan fingerprint density at radius 2 is 1.82 bits per heavy atom. The zero-order valence-corrected chi connectivity index (χ0v) is 16.4. The molecule has 1 aromatic heterocycles. The predicted molar refractivity (Wildman–Crippen MR) is 102 cm³/mol. The fourth-order valence-electron chi connectivity index (χ4n) is 3.28. The van der Waals surface area contributed by atoms with Crippen LogP contribution in [-0.4, -0.2) is 65.0 Å². The molecule has 1 aromatic carbocycles. The van der Waals surface area contributed by atoms with Crippen molar-refractivity contribution in [2.45, 2.75) is 6.04 Å². The van der Waals surface area contributed by atoms with E-state index in [1.807, 2.05) is 12.1 Å². The molecule has 1 N–H and O–H groups in total. The molecule has 3 rings (SSSR count). The van der Waals surface area contributed by atoms with Crippen LogP contribution in [0.2, 0.25) is 0 Å². The monoisotopic (exact) mass is 390 g/mol. The van der Waals surface area contributed by atoms with Crippen LogP contribution in [0.15, 0.2) is 34.9 Å². The van der Waals surface area contributed by atoms with Gasteiger partial charge in [0.2, 0.25) is 5.75 Å². The summed E-state index contributed by atoms with van der Waals surface area (Å²) in [5.74, 6) is 1.89. The van der Waals surface area contributed by atoms with Gasteiger partial charge < -0.3 is 28.7 Å². The smallest absolute Gasteiger partial charge is 0.251 e. The van der Waals surface area contributed by atoms with Crippen molar-refractivity contribution in [2.75, 3.05) is 54.2 Å². The quantitative estimate of drug-likeness (QED) is 0.739. The van der Waals surface area contributed by atoms with Crippen LogP contribution in [-0.2, 0) is 4.74 Å². The Balaban J connectivity index is 1.75. The van der Waals surface area contributed by atoms with Gasteiger partial charge in [0.25, 0.3) is 5.91 Å². The van der Waals surface area contributed by atoms with Crippen LogP contribution in [0.5, 0.6) is 17.2 Å². The topological polar surface area (TPSA) is 82.4 Å². The highest BCUT2D eigenvalue weighted by molar-refractivity contribution is 5.95. The normalized spacial score (nSPS) is 15.7. The Kier molecular flexibility index (Phi) is 6.78. The van der Waals surface area contributed by atoms with Gasteiger partial charge in [0.15, 0.2) is 11.5 Å². The molecule has 2 heterocycles. The van der Waals surface area contributed by atoms with Crippen molar-refractivity contribution in [3.63, 3.8) is 0 Å². The highest BCUT2D eigenvalue weighted by Gasteiger charge is 2.26. The van der Waals surface area contributed by atoms with Gasteiger partial charge in [-0.1, -0.05) is 0 Å². The molecule has 0 spiro atoms. The highest BCUT2D eigenvalue weighted by atomic mass is 16.5. The molecule has 1 fully saturated rings. The minimum Gasteiger partial charge on any atom is -0.493 e. The highest BCUT2D eigenvalue weighted by Crippen LogP contribution is 2.38. The Morgan fingerprint density at radius 1 is 1.14 bits per heavy atom. The molecule has 0 unspecified atom stereocenters. The average molecular weight is 390 g/mol. The Labute approximate surface area is 164 Å². The Morgan fingerprint density at radius 3 is 2.36 bits per heavy atom. The van der Waals surface area contributed by atoms with Crippen molar-refractivity contribution < 1.29 is 28.2 Å². The number of rotatable bonds is 8. The fraction of sp³-hybridized carbons (Fsp3) is 0.450. The number of morpholine rings is 1. The van der Waals surface area contributed by atoms with Crippen LogP contribution in [0.3, 0.4) is 0 Å². The van der Waals surface area contributed by atoms with Gasteiger partial charge in [0.1, 0.15) is 5.76 Å².